The zero-order valence-electron chi connectivity index (χ0n) is 12.2. The van der Waals surface area contributed by atoms with Gasteiger partial charge in [-0.15, -0.1) is 0 Å². The third-order valence-electron chi connectivity index (χ3n) is 2.93. The molecule has 20 heavy (non-hydrogen) atoms. The minimum absolute atomic E-state index is 0.833. The molecular weight excluding hydrogens is 250 g/mol. The first-order valence-electron chi connectivity index (χ1n) is 6.54. The van der Waals surface area contributed by atoms with Crippen LogP contribution in [0.1, 0.15) is 23.6 Å². The molecule has 0 aliphatic heterocycles. The Labute approximate surface area is 120 Å². The summed E-state index contributed by atoms with van der Waals surface area (Å²) in [5.41, 5.74) is 5.20. The number of hydrogen-bond donors (Lipinski definition) is 2. The van der Waals surface area contributed by atoms with E-state index in [1.807, 2.05) is 6.07 Å². The standard InChI is InChI=1S/C15H17N.C2H4O2/c1-12-7-6-10-15(13(12)2)16-11-14-8-4-3-5-9-14;1-2(3)4/h3-10,16H,11H2,1-2H3;1H3,(H,3,4). The Hall–Kier alpha value is -2.29. The predicted molar refractivity (Wildman–Crippen MR) is 83.0 cm³/mol. The molecule has 3 heteroatoms. The topological polar surface area (TPSA) is 49.3 Å². The Kier molecular flexibility index (Phi) is 6.30. The van der Waals surface area contributed by atoms with Crippen molar-refractivity contribution < 1.29 is 9.90 Å². The molecule has 0 aliphatic carbocycles. The number of carbonyl (C=O) groups is 1. The number of hydrogen-bond acceptors (Lipinski definition) is 2. The number of aliphatic carboxylic acids is 1. The highest BCUT2D eigenvalue weighted by Gasteiger charge is 1.99. The van der Waals surface area contributed by atoms with Crippen LogP contribution in [0.5, 0.6) is 0 Å². The summed E-state index contributed by atoms with van der Waals surface area (Å²) in [4.78, 5) is 9.00. The number of carboxylic acids is 1. The maximum absolute atomic E-state index is 9.00. The molecule has 2 N–H and O–H groups in total. The summed E-state index contributed by atoms with van der Waals surface area (Å²) in [5, 5.41) is 10.9. The second-order valence-corrected chi connectivity index (χ2v) is 4.61. The van der Waals surface area contributed by atoms with Crippen molar-refractivity contribution in [3.8, 4) is 0 Å². The maximum Gasteiger partial charge on any atom is 0.300 e. The number of rotatable bonds is 3. The lowest BCUT2D eigenvalue weighted by Gasteiger charge is -2.11. The Morgan fingerprint density at radius 3 is 2.25 bits per heavy atom. The zero-order valence-corrected chi connectivity index (χ0v) is 12.2. The molecule has 0 bridgehead atoms. The van der Waals surface area contributed by atoms with E-state index in [1.54, 1.807) is 0 Å². The van der Waals surface area contributed by atoms with Crippen molar-refractivity contribution >= 4 is 11.7 Å². The van der Waals surface area contributed by atoms with Gasteiger partial charge in [0, 0.05) is 19.2 Å². The molecular formula is C17H21NO2. The molecule has 2 rings (SSSR count). The summed E-state index contributed by atoms with van der Waals surface area (Å²) in [6, 6.07) is 16.8. The molecule has 0 fully saturated rings. The summed E-state index contributed by atoms with van der Waals surface area (Å²) in [7, 11) is 0. The van der Waals surface area contributed by atoms with Gasteiger partial charge in [-0.25, -0.2) is 0 Å². The molecule has 0 aromatic heterocycles. The van der Waals surface area contributed by atoms with Gasteiger partial charge in [-0.3, -0.25) is 4.79 Å². The van der Waals surface area contributed by atoms with Crippen LogP contribution in [0, 0.1) is 13.8 Å². The van der Waals surface area contributed by atoms with Crippen LogP contribution in [0.25, 0.3) is 0 Å². The lowest BCUT2D eigenvalue weighted by Crippen LogP contribution is -2.01. The molecule has 0 unspecified atom stereocenters. The highest BCUT2D eigenvalue weighted by molar-refractivity contribution is 5.63. The van der Waals surface area contributed by atoms with E-state index in [2.05, 4.69) is 61.6 Å². The van der Waals surface area contributed by atoms with E-state index in [4.69, 9.17) is 9.90 Å². The molecule has 0 saturated carbocycles. The van der Waals surface area contributed by atoms with Gasteiger partial charge in [0.05, 0.1) is 0 Å². The molecule has 3 nitrogen and oxygen atoms in total. The molecule has 0 saturated heterocycles. The molecule has 0 atom stereocenters. The Bertz CT molecular complexity index is 546. The molecule has 0 radical (unpaired) electrons. The molecule has 2 aromatic rings. The Balaban J connectivity index is 0.000000444. The van der Waals surface area contributed by atoms with Gasteiger partial charge in [-0.05, 0) is 36.6 Å². The van der Waals surface area contributed by atoms with E-state index in [0.29, 0.717) is 0 Å². The second kappa shape index (κ2) is 8.00. The summed E-state index contributed by atoms with van der Waals surface area (Å²) in [6.07, 6.45) is 0. The van der Waals surface area contributed by atoms with Gasteiger partial charge >= 0.3 is 0 Å². The first-order valence-corrected chi connectivity index (χ1v) is 6.54. The van der Waals surface area contributed by atoms with E-state index in [1.165, 1.54) is 22.4 Å². The fourth-order valence-electron chi connectivity index (χ4n) is 1.74. The quantitative estimate of drug-likeness (QED) is 0.887. The lowest BCUT2D eigenvalue weighted by molar-refractivity contribution is -0.134. The van der Waals surface area contributed by atoms with Crippen LogP contribution < -0.4 is 5.32 Å². The van der Waals surface area contributed by atoms with Crippen LogP contribution >= 0.6 is 0 Å². The van der Waals surface area contributed by atoms with Crippen molar-refractivity contribution in [3.05, 3.63) is 65.2 Å². The normalized spacial score (nSPS) is 9.35. The van der Waals surface area contributed by atoms with E-state index < -0.39 is 5.97 Å². The predicted octanol–water partition coefficient (Wildman–Crippen LogP) is 4.01. The van der Waals surface area contributed by atoms with Gasteiger partial charge in [-0.1, -0.05) is 42.5 Å². The molecule has 0 spiro atoms. The summed E-state index contributed by atoms with van der Waals surface area (Å²) in [6.45, 7) is 6.26. The smallest absolute Gasteiger partial charge is 0.300 e. The van der Waals surface area contributed by atoms with E-state index in [-0.39, 0.29) is 0 Å². The maximum atomic E-state index is 9.00. The lowest BCUT2D eigenvalue weighted by atomic mass is 10.1. The first kappa shape index (κ1) is 15.8. The summed E-state index contributed by atoms with van der Waals surface area (Å²) < 4.78 is 0. The minimum Gasteiger partial charge on any atom is -0.481 e. The average Bonchev–Trinajstić information content (AvgIpc) is 2.41. The highest BCUT2D eigenvalue weighted by atomic mass is 16.4. The number of anilines is 1. The monoisotopic (exact) mass is 271 g/mol. The van der Waals surface area contributed by atoms with Gasteiger partial charge in [0.15, 0.2) is 0 Å². The van der Waals surface area contributed by atoms with E-state index in [9.17, 15) is 0 Å². The van der Waals surface area contributed by atoms with Gasteiger partial charge in [0.25, 0.3) is 5.97 Å². The van der Waals surface area contributed by atoms with E-state index >= 15 is 0 Å². The van der Waals surface area contributed by atoms with Gasteiger partial charge < -0.3 is 10.4 Å². The fourth-order valence-corrected chi connectivity index (χ4v) is 1.74. The van der Waals surface area contributed by atoms with Crippen LogP contribution in [-0.4, -0.2) is 11.1 Å². The van der Waals surface area contributed by atoms with Crippen molar-refractivity contribution in [2.45, 2.75) is 27.3 Å². The van der Waals surface area contributed by atoms with Crippen molar-refractivity contribution in [1.29, 1.82) is 0 Å². The molecule has 0 amide bonds. The van der Waals surface area contributed by atoms with Crippen molar-refractivity contribution in [2.24, 2.45) is 0 Å². The summed E-state index contributed by atoms with van der Waals surface area (Å²) in [5.74, 6) is -0.833. The van der Waals surface area contributed by atoms with Crippen LogP contribution in [0.4, 0.5) is 5.69 Å². The second-order valence-electron chi connectivity index (χ2n) is 4.61. The third kappa shape index (κ3) is 5.57. The van der Waals surface area contributed by atoms with Crippen molar-refractivity contribution in [1.82, 2.24) is 0 Å². The largest absolute Gasteiger partial charge is 0.481 e. The zero-order chi connectivity index (χ0) is 15.0. The fraction of sp³-hybridized carbons (Fsp3) is 0.235. The van der Waals surface area contributed by atoms with Crippen molar-refractivity contribution in [2.75, 3.05) is 5.32 Å². The molecule has 2 aromatic carbocycles. The Morgan fingerprint density at radius 2 is 1.65 bits per heavy atom. The summed E-state index contributed by atoms with van der Waals surface area (Å²) >= 11 is 0. The van der Waals surface area contributed by atoms with Crippen LogP contribution in [0.15, 0.2) is 48.5 Å². The van der Waals surface area contributed by atoms with Gasteiger partial charge in [0.2, 0.25) is 0 Å². The molecule has 106 valence electrons. The molecule has 0 heterocycles. The first-order chi connectivity index (χ1) is 9.50. The van der Waals surface area contributed by atoms with E-state index in [0.717, 1.165) is 13.5 Å². The van der Waals surface area contributed by atoms with Crippen LogP contribution in [-0.2, 0) is 11.3 Å². The number of carboxylic acid groups (broad SMARTS) is 1. The Morgan fingerprint density at radius 1 is 1.05 bits per heavy atom. The van der Waals surface area contributed by atoms with Crippen LogP contribution in [0.2, 0.25) is 0 Å². The SMILES string of the molecule is CC(=O)O.Cc1cccc(NCc2ccccc2)c1C. The number of nitrogens with one attached hydrogen (secondary N) is 1. The van der Waals surface area contributed by atoms with Crippen molar-refractivity contribution in [3.63, 3.8) is 0 Å². The number of aryl methyl sites for hydroxylation is 1. The average molecular weight is 271 g/mol. The molecule has 0 aliphatic rings. The minimum atomic E-state index is -0.833. The highest BCUT2D eigenvalue weighted by Crippen LogP contribution is 2.18. The third-order valence-corrected chi connectivity index (χ3v) is 2.93. The van der Waals surface area contributed by atoms with Crippen LogP contribution in [0.3, 0.4) is 0 Å². The van der Waals surface area contributed by atoms with Gasteiger partial charge in [0.1, 0.15) is 0 Å². The number of benzene rings is 2. The van der Waals surface area contributed by atoms with Gasteiger partial charge in [-0.2, -0.15) is 0 Å².